The Bertz CT molecular complexity index is 354. The lowest BCUT2D eigenvalue weighted by molar-refractivity contribution is -0.117. The van der Waals surface area contributed by atoms with Gasteiger partial charge in [-0.05, 0) is 12.8 Å². The van der Waals surface area contributed by atoms with Crippen molar-refractivity contribution < 1.29 is 4.79 Å². The smallest absolute Gasteiger partial charge is 0.242 e. The molecule has 1 rings (SSSR count). The standard InChI is InChI=1S/C12H22N4O.ClH/c1-3-5-9-16-11(7-8-14-16)15-12(17)10(13)6-4-2;/h7-8,10H,3-6,9,13H2,1-2H3,(H,15,17);1H. The summed E-state index contributed by atoms with van der Waals surface area (Å²) >= 11 is 0. The Labute approximate surface area is 115 Å². The van der Waals surface area contributed by atoms with Crippen LogP contribution in [0, 0.1) is 0 Å². The molecule has 104 valence electrons. The van der Waals surface area contributed by atoms with Gasteiger partial charge in [-0.2, -0.15) is 5.10 Å². The summed E-state index contributed by atoms with van der Waals surface area (Å²) < 4.78 is 1.81. The maximum atomic E-state index is 11.7. The number of carbonyl (C=O) groups excluding carboxylic acids is 1. The van der Waals surface area contributed by atoms with E-state index in [-0.39, 0.29) is 18.3 Å². The molecule has 0 bridgehead atoms. The van der Waals surface area contributed by atoms with Crippen molar-refractivity contribution in [2.75, 3.05) is 5.32 Å². The van der Waals surface area contributed by atoms with E-state index in [2.05, 4.69) is 17.3 Å². The van der Waals surface area contributed by atoms with E-state index in [1.165, 1.54) is 0 Å². The Kier molecular flexibility index (Phi) is 8.41. The van der Waals surface area contributed by atoms with Crippen LogP contribution in [0.25, 0.3) is 0 Å². The first-order valence-corrected chi connectivity index (χ1v) is 6.27. The van der Waals surface area contributed by atoms with E-state index in [0.29, 0.717) is 6.42 Å². The first kappa shape index (κ1) is 16.9. The average molecular weight is 275 g/mol. The monoisotopic (exact) mass is 274 g/mol. The van der Waals surface area contributed by atoms with E-state index >= 15 is 0 Å². The molecule has 1 unspecified atom stereocenters. The number of anilines is 1. The third-order valence-corrected chi connectivity index (χ3v) is 2.63. The molecular weight excluding hydrogens is 252 g/mol. The van der Waals surface area contributed by atoms with E-state index in [0.717, 1.165) is 31.6 Å². The summed E-state index contributed by atoms with van der Waals surface area (Å²) in [4.78, 5) is 11.7. The lowest BCUT2D eigenvalue weighted by Gasteiger charge is -2.12. The van der Waals surface area contributed by atoms with Crippen LogP contribution in [0.3, 0.4) is 0 Å². The van der Waals surface area contributed by atoms with Gasteiger partial charge in [-0.1, -0.05) is 26.7 Å². The predicted molar refractivity (Wildman–Crippen MR) is 75.9 cm³/mol. The summed E-state index contributed by atoms with van der Waals surface area (Å²) in [5.74, 6) is 0.597. The molecule has 0 aliphatic carbocycles. The second-order valence-electron chi connectivity index (χ2n) is 4.18. The fraction of sp³-hybridized carbons (Fsp3) is 0.667. The number of hydrogen-bond acceptors (Lipinski definition) is 3. The minimum absolute atomic E-state index is 0. The van der Waals surface area contributed by atoms with Crippen molar-refractivity contribution in [2.24, 2.45) is 5.73 Å². The van der Waals surface area contributed by atoms with Gasteiger partial charge in [0.15, 0.2) is 0 Å². The number of hydrogen-bond donors (Lipinski definition) is 2. The number of amides is 1. The zero-order chi connectivity index (χ0) is 12.7. The average Bonchev–Trinajstić information content (AvgIpc) is 2.74. The van der Waals surface area contributed by atoms with Crippen LogP contribution in [0.4, 0.5) is 5.82 Å². The van der Waals surface area contributed by atoms with E-state index in [1.807, 2.05) is 6.92 Å². The highest BCUT2D eigenvalue weighted by Crippen LogP contribution is 2.08. The molecule has 0 fully saturated rings. The molecule has 0 aliphatic heterocycles. The normalized spacial score (nSPS) is 11.7. The van der Waals surface area contributed by atoms with Gasteiger partial charge in [0.1, 0.15) is 5.82 Å². The first-order valence-electron chi connectivity index (χ1n) is 6.27. The lowest BCUT2D eigenvalue weighted by Crippen LogP contribution is -2.36. The molecule has 0 saturated carbocycles. The van der Waals surface area contributed by atoms with Crippen molar-refractivity contribution in [3.8, 4) is 0 Å². The number of carbonyl (C=O) groups is 1. The minimum Gasteiger partial charge on any atom is -0.320 e. The maximum absolute atomic E-state index is 11.7. The number of nitrogens with two attached hydrogens (primary N) is 1. The maximum Gasteiger partial charge on any atom is 0.242 e. The van der Waals surface area contributed by atoms with Crippen molar-refractivity contribution in [2.45, 2.75) is 52.1 Å². The third-order valence-electron chi connectivity index (χ3n) is 2.63. The predicted octanol–water partition coefficient (Wildman–Crippen LogP) is 2.17. The van der Waals surface area contributed by atoms with Gasteiger partial charge in [0.25, 0.3) is 0 Å². The van der Waals surface area contributed by atoms with Crippen LogP contribution in [-0.4, -0.2) is 21.7 Å². The zero-order valence-electron chi connectivity index (χ0n) is 11.1. The van der Waals surface area contributed by atoms with Gasteiger partial charge in [0.05, 0.1) is 12.2 Å². The van der Waals surface area contributed by atoms with Crippen LogP contribution < -0.4 is 11.1 Å². The van der Waals surface area contributed by atoms with Crippen LogP contribution in [0.5, 0.6) is 0 Å². The Hall–Kier alpha value is -1.07. The van der Waals surface area contributed by atoms with Crippen LogP contribution in [0.2, 0.25) is 0 Å². The molecule has 0 aliphatic rings. The molecule has 6 heteroatoms. The number of rotatable bonds is 7. The Balaban J connectivity index is 0.00000289. The summed E-state index contributed by atoms with van der Waals surface area (Å²) in [5, 5.41) is 6.99. The second kappa shape index (κ2) is 8.94. The molecule has 0 aromatic carbocycles. The number of halogens is 1. The Morgan fingerprint density at radius 3 is 2.83 bits per heavy atom. The molecular formula is C12H23ClN4O. The summed E-state index contributed by atoms with van der Waals surface area (Å²) in [5.41, 5.74) is 5.75. The number of aromatic nitrogens is 2. The number of nitrogens with one attached hydrogen (secondary N) is 1. The van der Waals surface area contributed by atoms with Crippen molar-refractivity contribution in [1.82, 2.24) is 9.78 Å². The van der Waals surface area contributed by atoms with Crippen molar-refractivity contribution in [1.29, 1.82) is 0 Å². The molecule has 5 nitrogen and oxygen atoms in total. The number of nitrogens with zero attached hydrogens (tertiary/aromatic N) is 2. The van der Waals surface area contributed by atoms with Crippen LogP contribution in [0.1, 0.15) is 39.5 Å². The fourth-order valence-corrected chi connectivity index (χ4v) is 1.59. The summed E-state index contributed by atoms with van der Waals surface area (Å²) in [6, 6.07) is 1.36. The molecule has 0 saturated heterocycles. The van der Waals surface area contributed by atoms with Crippen molar-refractivity contribution >= 4 is 24.1 Å². The lowest BCUT2D eigenvalue weighted by atomic mass is 10.2. The van der Waals surface area contributed by atoms with Crippen LogP contribution >= 0.6 is 12.4 Å². The summed E-state index contributed by atoms with van der Waals surface area (Å²) in [7, 11) is 0. The molecule has 0 spiro atoms. The summed E-state index contributed by atoms with van der Waals surface area (Å²) in [6.07, 6.45) is 5.45. The second-order valence-corrected chi connectivity index (χ2v) is 4.18. The van der Waals surface area contributed by atoms with Gasteiger partial charge >= 0.3 is 0 Å². The molecule has 1 aromatic heterocycles. The van der Waals surface area contributed by atoms with Crippen LogP contribution in [-0.2, 0) is 11.3 Å². The molecule has 1 aromatic rings. The van der Waals surface area contributed by atoms with Gasteiger partial charge in [-0.3, -0.25) is 4.79 Å². The molecule has 1 heterocycles. The quantitative estimate of drug-likeness (QED) is 0.800. The highest BCUT2D eigenvalue weighted by atomic mass is 35.5. The molecule has 3 N–H and O–H groups in total. The highest BCUT2D eigenvalue weighted by Gasteiger charge is 2.14. The fourth-order valence-electron chi connectivity index (χ4n) is 1.59. The molecule has 18 heavy (non-hydrogen) atoms. The van der Waals surface area contributed by atoms with Crippen LogP contribution in [0.15, 0.2) is 12.3 Å². The van der Waals surface area contributed by atoms with Gasteiger partial charge in [-0.15, -0.1) is 12.4 Å². The Morgan fingerprint density at radius 1 is 1.50 bits per heavy atom. The zero-order valence-corrected chi connectivity index (χ0v) is 11.9. The topological polar surface area (TPSA) is 72.9 Å². The Morgan fingerprint density at radius 2 is 2.22 bits per heavy atom. The third kappa shape index (κ3) is 5.06. The van der Waals surface area contributed by atoms with E-state index in [4.69, 9.17) is 5.73 Å². The molecule has 1 amide bonds. The SMILES string of the molecule is CCCCn1nccc1NC(=O)C(N)CCC.Cl. The van der Waals surface area contributed by atoms with Gasteiger partial charge in [0.2, 0.25) is 5.91 Å². The molecule has 0 radical (unpaired) electrons. The number of aryl methyl sites for hydroxylation is 1. The van der Waals surface area contributed by atoms with E-state index < -0.39 is 6.04 Å². The summed E-state index contributed by atoms with van der Waals surface area (Å²) in [6.45, 7) is 4.96. The van der Waals surface area contributed by atoms with Crippen molar-refractivity contribution in [3.05, 3.63) is 12.3 Å². The first-order chi connectivity index (χ1) is 8.19. The largest absolute Gasteiger partial charge is 0.320 e. The van der Waals surface area contributed by atoms with Crippen molar-refractivity contribution in [3.63, 3.8) is 0 Å². The van der Waals surface area contributed by atoms with E-state index in [1.54, 1.807) is 16.9 Å². The highest BCUT2D eigenvalue weighted by molar-refractivity contribution is 5.93. The number of unbranched alkanes of at least 4 members (excludes halogenated alkanes) is 1. The van der Waals surface area contributed by atoms with Gasteiger partial charge in [0, 0.05) is 12.6 Å². The van der Waals surface area contributed by atoms with E-state index in [9.17, 15) is 4.79 Å². The molecule has 1 atom stereocenters. The van der Waals surface area contributed by atoms with Gasteiger partial charge < -0.3 is 11.1 Å². The minimum atomic E-state index is -0.436. The van der Waals surface area contributed by atoms with Gasteiger partial charge in [-0.25, -0.2) is 4.68 Å².